The minimum Gasteiger partial charge on any atom is -0.461 e. The lowest BCUT2D eigenvalue weighted by molar-refractivity contribution is 0.0521. The number of pyridine rings is 3. The summed E-state index contributed by atoms with van der Waals surface area (Å²) >= 11 is 9.45. The van der Waals surface area contributed by atoms with Crippen LogP contribution in [0, 0.1) is 0 Å². The Kier molecular flexibility index (Phi) is 36.3. The van der Waals surface area contributed by atoms with Gasteiger partial charge in [-0.05, 0) is 146 Å². The van der Waals surface area contributed by atoms with E-state index in [9.17, 15) is 19.2 Å². The van der Waals surface area contributed by atoms with Gasteiger partial charge in [0.15, 0.2) is 0 Å². The summed E-state index contributed by atoms with van der Waals surface area (Å²) in [6.07, 6.45) is 7.27. The van der Waals surface area contributed by atoms with Gasteiger partial charge in [-0.25, -0.2) is 34.1 Å². The van der Waals surface area contributed by atoms with Crippen molar-refractivity contribution in [3.05, 3.63) is 234 Å². The van der Waals surface area contributed by atoms with Gasteiger partial charge in [-0.2, -0.15) is 37.0 Å². The predicted molar refractivity (Wildman–Crippen MR) is 331 cm³/mol. The molecule has 23 nitrogen and oxygen atoms in total. The molecule has 0 aliphatic carbocycles. The first-order chi connectivity index (χ1) is 40.1. The maximum atomic E-state index is 11.8. The fraction of sp³-hybridized carbons (Fsp3) is 0.173. The molecule has 0 saturated carbocycles. The van der Waals surface area contributed by atoms with Crippen LogP contribution in [0.3, 0.4) is 0 Å². The second-order valence-electron chi connectivity index (χ2n) is 14.5. The van der Waals surface area contributed by atoms with Crippen molar-refractivity contribution >= 4 is 127 Å². The number of ether oxygens (including phenoxy) is 4. The molecule has 7 aromatic rings. The van der Waals surface area contributed by atoms with Gasteiger partial charge in [-0.3, -0.25) is 0 Å². The van der Waals surface area contributed by atoms with Gasteiger partial charge in [0, 0.05) is 84.0 Å². The summed E-state index contributed by atoms with van der Waals surface area (Å²) in [6.45, 7) is 1.28. The molecule has 3 heterocycles. The molecule has 0 saturated heterocycles. The van der Waals surface area contributed by atoms with Crippen LogP contribution in [-0.4, -0.2) is 94.5 Å². The normalized spacial score (nSPS) is 9.50. The number of aromatic nitrogens is 3. The van der Waals surface area contributed by atoms with Crippen LogP contribution < -0.4 is 0 Å². The van der Waals surface area contributed by atoms with E-state index >= 15 is 0 Å². The Labute approximate surface area is 502 Å². The number of thiol groups is 2. The van der Waals surface area contributed by atoms with E-state index in [1.807, 2.05) is 60.9 Å². The number of carbonyl (C=O) groups is 4. The molecule has 0 fully saturated rings. The highest BCUT2D eigenvalue weighted by molar-refractivity contribution is 8.77. The first kappa shape index (κ1) is 68.2. The molecule has 4 aromatic carbocycles. The van der Waals surface area contributed by atoms with Crippen LogP contribution in [-0.2, 0) is 18.9 Å². The monoisotopic (exact) mass is 1240 g/mol. The molecule has 0 unspecified atom stereocenters. The van der Waals surface area contributed by atoms with Crippen molar-refractivity contribution in [2.75, 3.05) is 55.7 Å². The van der Waals surface area contributed by atoms with Crippen molar-refractivity contribution in [2.24, 2.45) is 20.5 Å². The SMILES string of the molecule is CSCCOC(=O)c1ccc(N=[N+]=[N-])cc1.[N-]=[N+]=Nc1ccc(C(=O)OCCS)cc1.[N-]=[N+]=Nc1ccc(C(=O)OCCS)cc1.[N-]=[N+]=Nc1ccc(C(=O)OCCSSc2ccccn2)cc1.c1ccc(SSc2ccccn2)nc1. The number of azide groups is 4. The molecule has 422 valence electrons. The highest BCUT2D eigenvalue weighted by Crippen LogP contribution is 2.34. The summed E-state index contributed by atoms with van der Waals surface area (Å²) in [6, 6.07) is 42.5. The summed E-state index contributed by atoms with van der Waals surface area (Å²) in [5.41, 5.74) is 36.4. The maximum absolute atomic E-state index is 11.8. The van der Waals surface area contributed by atoms with Crippen molar-refractivity contribution in [1.82, 2.24) is 15.0 Å². The van der Waals surface area contributed by atoms with Gasteiger partial charge in [0.25, 0.3) is 0 Å². The Morgan fingerprint density at radius 1 is 0.415 bits per heavy atom. The second kappa shape index (κ2) is 43.7. The summed E-state index contributed by atoms with van der Waals surface area (Å²) in [7, 11) is 6.35. The Morgan fingerprint density at radius 2 is 0.695 bits per heavy atom. The standard InChI is InChI=1S/C14H12N4O2S2.C10H11N3O2S.C10H8N2S2.2C9H9N3O2S/c15-18-17-12-6-4-11(5-7-12)14(19)20-9-10-21-22-13-3-1-2-8-16-13;1-16-7-6-15-10(14)8-2-4-9(5-3-8)12-13-11;1-3-7-11-9(5-1)13-14-10-6-2-4-8-12-10;2*10-12-11-8-3-1-7(2-4-8)9(13)14-5-6-15/h1-8H,9-10H2;2-5H,6-7H2,1H3;1-8H;2*1-4,15H,5-6H2. The molecule has 0 radical (unpaired) electrons. The third-order valence-corrected chi connectivity index (χ3v) is 14.2. The topological polar surface area (TPSA) is 339 Å². The Hall–Kier alpha value is -8.10. The van der Waals surface area contributed by atoms with Gasteiger partial charge in [-0.1, -0.05) is 98.0 Å². The smallest absolute Gasteiger partial charge is 0.338 e. The van der Waals surface area contributed by atoms with Gasteiger partial charge >= 0.3 is 23.9 Å². The van der Waals surface area contributed by atoms with E-state index in [1.165, 1.54) is 0 Å². The van der Waals surface area contributed by atoms with Gasteiger partial charge in [0.05, 0.1) is 22.3 Å². The molecule has 0 spiro atoms. The quantitative estimate of drug-likeness (QED) is 0.00878. The zero-order valence-corrected chi connectivity index (χ0v) is 49.1. The minimum atomic E-state index is -0.406. The first-order valence-electron chi connectivity index (χ1n) is 23.4. The Balaban J connectivity index is 0.000000272. The van der Waals surface area contributed by atoms with Gasteiger partial charge in [-0.15, -0.1) is 0 Å². The highest BCUT2D eigenvalue weighted by Gasteiger charge is 2.09. The Morgan fingerprint density at radius 3 is 0.951 bits per heavy atom. The lowest BCUT2D eigenvalue weighted by atomic mass is 10.2. The molecule has 0 bridgehead atoms. The molecule has 0 N–H and O–H groups in total. The third-order valence-electron chi connectivity index (χ3n) is 8.89. The number of rotatable bonds is 23. The molecule has 0 aliphatic heterocycles. The van der Waals surface area contributed by atoms with Crippen molar-refractivity contribution in [3.63, 3.8) is 0 Å². The lowest BCUT2D eigenvalue weighted by Crippen LogP contribution is -2.07. The number of benzene rings is 4. The average Bonchev–Trinajstić information content (AvgIpc) is 3.54. The van der Waals surface area contributed by atoms with Gasteiger partial charge < -0.3 is 18.9 Å². The molecular weight excluding hydrogens is 1190 g/mol. The summed E-state index contributed by atoms with van der Waals surface area (Å²) in [5, 5.41) is 16.5. The van der Waals surface area contributed by atoms with E-state index in [0.717, 1.165) is 20.8 Å². The molecule has 30 heteroatoms. The molecule has 0 amide bonds. The van der Waals surface area contributed by atoms with Crippen LogP contribution >= 0.6 is 80.2 Å². The van der Waals surface area contributed by atoms with Crippen LogP contribution in [0.1, 0.15) is 41.4 Å². The van der Waals surface area contributed by atoms with Gasteiger partial charge in [0.1, 0.15) is 41.5 Å². The van der Waals surface area contributed by atoms with Crippen LogP contribution in [0.4, 0.5) is 22.7 Å². The van der Waals surface area contributed by atoms with Crippen LogP contribution in [0.2, 0.25) is 0 Å². The summed E-state index contributed by atoms with van der Waals surface area (Å²) < 4.78 is 19.9. The molecular formula is C52H49N15O8S7. The first-order valence-corrected chi connectivity index (χ1v) is 30.6. The molecule has 0 atom stereocenters. The largest absolute Gasteiger partial charge is 0.461 e. The Bertz CT molecular complexity index is 3090. The average molecular weight is 1240 g/mol. The zero-order chi connectivity index (χ0) is 59.3. The lowest BCUT2D eigenvalue weighted by Gasteiger charge is -2.04. The third kappa shape index (κ3) is 29.9. The van der Waals surface area contributed by atoms with E-state index in [1.54, 1.807) is 171 Å². The van der Waals surface area contributed by atoms with E-state index < -0.39 is 17.9 Å². The van der Waals surface area contributed by atoms with Crippen molar-refractivity contribution in [3.8, 4) is 0 Å². The molecule has 82 heavy (non-hydrogen) atoms. The summed E-state index contributed by atoms with van der Waals surface area (Å²) in [4.78, 5) is 69.1. The second-order valence-corrected chi connectivity index (χ2v) is 21.0. The van der Waals surface area contributed by atoms with E-state index in [2.05, 4.69) is 80.3 Å². The molecule has 3 aromatic heterocycles. The molecule has 0 aliphatic rings. The number of hydrogen-bond acceptors (Lipinski definition) is 22. The van der Waals surface area contributed by atoms with Crippen molar-refractivity contribution in [2.45, 2.75) is 15.1 Å². The number of thioether (sulfide) groups is 1. The molecule has 7 rings (SSSR count). The van der Waals surface area contributed by atoms with Crippen LogP contribution in [0.25, 0.3) is 41.8 Å². The fourth-order valence-corrected chi connectivity index (χ4v) is 9.12. The van der Waals surface area contributed by atoms with Crippen LogP contribution in [0.15, 0.2) is 206 Å². The predicted octanol–water partition coefficient (Wildman–Crippen LogP) is 16.5. The summed E-state index contributed by atoms with van der Waals surface area (Å²) in [5.74, 6) is 0.864. The van der Waals surface area contributed by atoms with Crippen molar-refractivity contribution in [1.29, 1.82) is 0 Å². The number of carbonyl (C=O) groups excluding carboxylic acids is 4. The fourth-order valence-electron chi connectivity index (χ4n) is 5.24. The van der Waals surface area contributed by atoms with E-state index in [4.69, 9.17) is 41.1 Å². The highest BCUT2D eigenvalue weighted by atomic mass is 33.1. The van der Waals surface area contributed by atoms with E-state index in [0.29, 0.717) is 75.5 Å². The van der Waals surface area contributed by atoms with Gasteiger partial charge in [0.2, 0.25) is 0 Å². The number of nitrogens with zero attached hydrogens (tertiary/aromatic N) is 15. The van der Waals surface area contributed by atoms with Crippen LogP contribution in [0.5, 0.6) is 0 Å². The zero-order valence-electron chi connectivity index (χ0n) is 43.2. The van der Waals surface area contributed by atoms with Crippen molar-refractivity contribution < 1.29 is 38.1 Å². The van der Waals surface area contributed by atoms with E-state index in [-0.39, 0.29) is 19.2 Å². The number of hydrogen-bond donors (Lipinski definition) is 2. The minimum absolute atomic E-state index is 0.278. The number of esters is 4. The maximum Gasteiger partial charge on any atom is 0.338 e.